The van der Waals surface area contributed by atoms with E-state index in [0.29, 0.717) is 0 Å². The molecule has 286 valence electrons. The van der Waals surface area contributed by atoms with E-state index in [-0.39, 0.29) is 38.8 Å². The van der Waals surface area contributed by atoms with Gasteiger partial charge in [-0.25, -0.2) is 24.5 Å². The second kappa shape index (κ2) is 20.5. The van der Waals surface area contributed by atoms with E-state index >= 15 is 0 Å². The molecule has 0 bridgehead atoms. The van der Waals surface area contributed by atoms with Crippen LogP contribution in [0.2, 0.25) is 0 Å². The number of benzene rings is 1. The van der Waals surface area contributed by atoms with E-state index < -0.39 is 46.5 Å². The predicted octanol–water partition coefficient (Wildman–Crippen LogP) is 4.27. The van der Waals surface area contributed by atoms with Crippen LogP contribution in [0.1, 0.15) is 74.8 Å². The number of carbonyl (C=O) groups is 5. The zero-order chi connectivity index (χ0) is 38.9. The van der Waals surface area contributed by atoms with Crippen LogP contribution in [0.5, 0.6) is 0 Å². The lowest BCUT2D eigenvalue weighted by molar-refractivity contribution is -0.173. The van der Waals surface area contributed by atoms with Crippen molar-refractivity contribution >= 4 is 30.1 Å². The average molecular weight is 714 g/mol. The highest BCUT2D eigenvalue weighted by molar-refractivity contribution is 5.81. The molecule has 0 fully saturated rings. The van der Waals surface area contributed by atoms with E-state index in [4.69, 9.17) is 28.6 Å². The molecule has 0 spiro atoms. The topological polar surface area (TPSA) is 175 Å². The fourth-order valence-corrected chi connectivity index (χ4v) is 3.66. The van der Waals surface area contributed by atoms with Gasteiger partial charge in [0.15, 0.2) is 0 Å². The molecule has 0 saturated carbocycles. The van der Waals surface area contributed by atoms with Gasteiger partial charge in [-0.1, -0.05) is 30.3 Å². The molecule has 0 unspecified atom stereocenters. The fourth-order valence-electron chi connectivity index (χ4n) is 3.66. The molecule has 2 N–H and O–H groups in total. The lowest BCUT2D eigenvalue weighted by Gasteiger charge is -2.33. The molecule has 1 aromatic rings. The average Bonchev–Trinajstić information content (AvgIpc) is 2.96. The summed E-state index contributed by atoms with van der Waals surface area (Å²) in [7, 11) is 5.69. The van der Waals surface area contributed by atoms with Gasteiger partial charge in [-0.2, -0.15) is 0 Å². The molecule has 0 aromatic heterocycles. The highest BCUT2D eigenvalue weighted by Gasteiger charge is 2.31. The molecular weight excluding hydrogens is 654 g/mol. The number of carbonyl (C=O) groups excluding carboxylic acids is 5. The van der Waals surface area contributed by atoms with Crippen LogP contribution in [0, 0.1) is 0 Å². The highest BCUT2D eigenvalue weighted by atomic mass is 16.7. The summed E-state index contributed by atoms with van der Waals surface area (Å²) in [4.78, 5) is 71.1. The summed E-state index contributed by atoms with van der Waals surface area (Å²) in [5, 5.41) is 7.51. The Labute approximate surface area is 296 Å². The first-order valence-electron chi connectivity index (χ1n) is 16.0. The van der Waals surface area contributed by atoms with Gasteiger partial charge in [0.1, 0.15) is 31.0 Å². The molecule has 16 heteroatoms. The molecule has 0 atom stereocenters. The van der Waals surface area contributed by atoms with E-state index in [9.17, 15) is 24.0 Å². The number of likely N-dealkylation sites (N-methyl/N-ethyl adjacent to an activating group) is 2. The van der Waals surface area contributed by atoms with Crippen molar-refractivity contribution in [3.8, 4) is 0 Å². The van der Waals surface area contributed by atoms with Crippen LogP contribution in [0.25, 0.3) is 0 Å². The Kier molecular flexibility index (Phi) is 18.8. The number of nitrogens with one attached hydrogen (secondary N) is 2. The smallest absolute Gasteiger partial charge is 0.410 e. The molecule has 0 aliphatic rings. The normalized spacial score (nSPS) is 11.6. The van der Waals surface area contributed by atoms with Gasteiger partial charge in [0.05, 0.1) is 31.9 Å². The van der Waals surface area contributed by atoms with Gasteiger partial charge >= 0.3 is 18.3 Å². The maximum Gasteiger partial charge on any atom is 0.410 e. The van der Waals surface area contributed by atoms with Crippen molar-refractivity contribution in [2.45, 2.75) is 98.1 Å². The molecule has 1 rings (SSSR count). The number of hydrogen-bond donors (Lipinski definition) is 2. The van der Waals surface area contributed by atoms with Gasteiger partial charge in [-0.05, 0) is 74.8 Å². The summed E-state index contributed by atoms with van der Waals surface area (Å²) < 4.78 is 21.1. The number of hydroxylamine groups is 4. The second-order valence-electron chi connectivity index (χ2n) is 14.6. The minimum atomic E-state index is -0.889. The zero-order valence-electron chi connectivity index (χ0n) is 32.3. The molecule has 1 aromatic carbocycles. The molecule has 50 heavy (non-hydrogen) atoms. The van der Waals surface area contributed by atoms with Crippen molar-refractivity contribution < 1.29 is 52.6 Å². The molecular formula is C34H59N5O11. The minimum absolute atomic E-state index is 0.0170. The second-order valence-corrected chi connectivity index (χ2v) is 14.6. The summed E-state index contributed by atoms with van der Waals surface area (Å²) in [5.41, 5.74) is -1.94. The Hall–Kier alpha value is -4.15. The van der Waals surface area contributed by atoms with E-state index in [1.54, 1.807) is 69.2 Å². The molecule has 16 nitrogen and oxygen atoms in total. The van der Waals surface area contributed by atoms with E-state index in [1.807, 2.05) is 30.3 Å². The monoisotopic (exact) mass is 713 g/mol. The first-order chi connectivity index (χ1) is 22.8. The van der Waals surface area contributed by atoms with Crippen molar-refractivity contribution in [2.75, 3.05) is 54.6 Å². The summed E-state index contributed by atoms with van der Waals surface area (Å²) >= 11 is 0. The number of rotatable bonds is 14. The van der Waals surface area contributed by atoms with Crippen molar-refractivity contribution in [3.63, 3.8) is 0 Å². The third kappa shape index (κ3) is 21.7. The largest absolute Gasteiger partial charge is 0.445 e. The highest BCUT2D eigenvalue weighted by Crippen LogP contribution is 2.13. The van der Waals surface area contributed by atoms with E-state index in [2.05, 4.69) is 10.6 Å². The number of amides is 5. The number of ether oxygens (including phenoxy) is 4. The third-order valence-electron chi connectivity index (χ3n) is 5.99. The van der Waals surface area contributed by atoms with Gasteiger partial charge in [-0.3, -0.25) is 24.2 Å². The Morgan fingerprint density at radius 2 is 1.14 bits per heavy atom. The molecule has 0 radical (unpaired) electrons. The van der Waals surface area contributed by atoms with Crippen LogP contribution < -0.4 is 10.6 Å². The van der Waals surface area contributed by atoms with Crippen LogP contribution in [0.15, 0.2) is 30.3 Å². The molecule has 0 heterocycles. The number of alkyl carbamates (subject to hydrolysis) is 2. The summed E-state index contributed by atoms with van der Waals surface area (Å²) in [5.74, 6) is -0.747. The van der Waals surface area contributed by atoms with Crippen LogP contribution in [0.3, 0.4) is 0 Å². The standard InChI is InChI=1S/C21H33N3O6.C13H26N2O5/c1-20(2,3)30-18(26)22-21(4,5)15-24(13-17(25)23(6)28-7)19(27)29-14-16-11-9-8-10-12-16;1-12(2,3)20-11(17)14-13(4,5)9-19-8-10(16)15(6)18-7/h8-12H,13-15H2,1-7H3,(H,22,26);8-9H2,1-7H3,(H,14,17). The van der Waals surface area contributed by atoms with Crippen molar-refractivity contribution in [2.24, 2.45) is 0 Å². The summed E-state index contributed by atoms with van der Waals surface area (Å²) in [6.45, 7) is 17.5. The third-order valence-corrected chi connectivity index (χ3v) is 5.99. The van der Waals surface area contributed by atoms with Crippen molar-refractivity contribution in [1.29, 1.82) is 0 Å². The van der Waals surface area contributed by atoms with Crippen LogP contribution in [-0.4, -0.2) is 122 Å². The molecule has 0 aliphatic carbocycles. The first-order valence-corrected chi connectivity index (χ1v) is 16.0. The number of hydrogen-bond acceptors (Lipinski definition) is 11. The van der Waals surface area contributed by atoms with E-state index in [0.717, 1.165) is 15.7 Å². The summed E-state index contributed by atoms with van der Waals surface area (Å²) in [6.07, 6.45) is -1.83. The Balaban J connectivity index is 0.00000105. The Bertz CT molecular complexity index is 1230. The molecule has 0 aliphatic heterocycles. The molecule has 5 amide bonds. The first kappa shape index (κ1) is 45.9. The van der Waals surface area contributed by atoms with Gasteiger partial charge in [0.2, 0.25) is 0 Å². The lowest BCUT2D eigenvalue weighted by Crippen LogP contribution is -2.55. The molecule has 0 saturated heterocycles. The van der Waals surface area contributed by atoms with Crippen LogP contribution in [-0.2, 0) is 44.8 Å². The minimum Gasteiger partial charge on any atom is -0.445 e. The van der Waals surface area contributed by atoms with Crippen LogP contribution >= 0.6 is 0 Å². The van der Waals surface area contributed by atoms with Gasteiger partial charge in [0.25, 0.3) is 11.8 Å². The summed E-state index contributed by atoms with van der Waals surface area (Å²) in [6, 6.07) is 9.20. The van der Waals surface area contributed by atoms with Gasteiger partial charge in [0, 0.05) is 20.6 Å². The maximum absolute atomic E-state index is 12.7. The van der Waals surface area contributed by atoms with Crippen molar-refractivity contribution in [1.82, 2.24) is 25.7 Å². The number of nitrogens with zero attached hydrogens (tertiary/aromatic N) is 3. The van der Waals surface area contributed by atoms with Crippen LogP contribution in [0.4, 0.5) is 14.4 Å². The lowest BCUT2D eigenvalue weighted by atomic mass is 10.1. The van der Waals surface area contributed by atoms with E-state index in [1.165, 1.54) is 33.2 Å². The Morgan fingerprint density at radius 3 is 1.60 bits per heavy atom. The van der Waals surface area contributed by atoms with Gasteiger partial charge in [-0.15, -0.1) is 0 Å². The van der Waals surface area contributed by atoms with Gasteiger partial charge < -0.3 is 29.6 Å². The predicted molar refractivity (Wildman–Crippen MR) is 185 cm³/mol. The SMILES string of the molecule is CON(C)C(=O)CN(CC(C)(C)NC(=O)OC(C)(C)C)C(=O)OCc1ccccc1.CON(C)C(=O)COCC(C)(C)NC(=O)OC(C)(C)C. The maximum atomic E-state index is 12.7. The quantitative estimate of drug-likeness (QED) is 0.208. The Morgan fingerprint density at radius 1 is 0.680 bits per heavy atom. The zero-order valence-corrected chi connectivity index (χ0v) is 32.3. The van der Waals surface area contributed by atoms with Crippen molar-refractivity contribution in [3.05, 3.63) is 35.9 Å². The fraction of sp³-hybridized carbons (Fsp3) is 0.676.